The third-order valence-electron chi connectivity index (χ3n) is 4.56. The molecule has 1 N–H and O–H groups in total. The Hall–Kier alpha value is -2.43. The summed E-state index contributed by atoms with van der Waals surface area (Å²) in [6.45, 7) is 5.58. The molecule has 2 heterocycles. The zero-order valence-corrected chi connectivity index (χ0v) is 14.3. The monoisotopic (exact) mass is 324 g/mol. The normalized spacial score (nSPS) is 18.9. The van der Waals surface area contributed by atoms with Crippen molar-refractivity contribution in [1.82, 2.24) is 15.5 Å². The Labute approximate surface area is 143 Å². The number of aryl methyl sites for hydroxylation is 1. The molecule has 5 nitrogen and oxygen atoms in total. The van der Waals surface area contributed by atoms with Gasteiger partial charge in [-0.25, -0.2) is 0 Å². The molecule has 0 saturated carbocycles. The van der Waals surface area contributed by atoms with Crippen LogP contribution in [0.25, 0.3) is 0 Å². The van der Waals surface area contributed by atoms with Crippen molar-refractivity contribution in [2.75, 3.05) is 18.0 Å². The maximum atomic E-state index is 12.6. The van der Waals surface area contributed by atoms with Crippen LogP contribution in [-0.2, 0) is 4.79 Å². The average molecular weight is 324 g/mol. The van der Waals surface area contributed by atoms with Crippen molar-refractivity contribution in [2.45, 2.75) is 32.7 Å². The summed E-state index contributed by atoms with van der Waals surface area (Å²) in [4.78, 5) is 14.8. The van der Waals surface area contributed by atoms with Crippen LogP contribution in [0, 0.1) is 12.8 Å². The molecule has 2 unspecified atom stereocenters. The van der Waals surface area contributed by atoms with Gasteiger partial charge in [0, 0.05) is 13.1 Å². The number of piperidine rings is 1. The molecule has 1 aromatic heterocycles. The van der Waals surface area contributed by atoms with Gasteiger partial charge in [0.25, 0.3) is 0 Å². The fraction of sp³-hybridized carbons (Fsp3) is 0.421. The number of aromatic nitrogens is 2. The zero-order valence-electron chi connectivity index (χ0n) is 14.3. The minimum Gasteiger partial charge on any atom is -0.354 e. The van der Waals surface area contributed by atoms with Gasteiger partial charge in [0.1, 0.15) is 0 Å². The van der Waals surface area contributed by atoms with E-state index in [1.807, 2.05) is 56.3 Å². The van der Waals surface area contributed by atoms with Crippen LogP contribution < -0.4 is 10.2 Å². The largest absolute Gasteiger partial charge is 0.354 e. The minimum absolute atomic E-state index is 0.00647. The Kier molecular flexibility index (Phi) is 5.08. The fourth-order valence-corrected chi connectivity index (χ4v) is 3.12. The molecule has 0 bridgehead atoms. The number of amides is 1. The van der Waals surface area contributed by atoms with Crippen LogP contribution in [0.15, 0.2) is 42.5 Å². The highest BCUT2D eigenvalue weighted by Gasteiger charge is 2.27. The van der Waals surface area contributed by atoms with E-state index in [1.165, 1.54) is 0 Å². The Morgan fingerprint density at radius 3 is 2.71 bits per heavy atom. The van der Waals surface area contributed by atoms with Gasteiger partial charge in [-0.2, -0.15) is 5.10 Å². The molecule has 5 heteroatoms. The number of nitrogens with zero attached hydrogens (tertiary/aromatic N) is 3. The van der Waals surface area contributed by atoms with Crippen molar-refractivity contribution in [3.63, 3.8) is 0 Å². The topological polar surface area (TPSA) is 58.1 Å². The molecule has 126 valence electrons. The van der Waals surface area contributed by atoms with Crippen LogP contribution in [-0.4, -0.2) is 29.2 Å². The van der Waals surface area contributed by atoms with E-state index in [1.54, 1.807) is 0 Å². The maximum absolute atomic E-state index is 12.6. The van der Waals surface area contributed by atoms with Gasteiger partial charge >= 0.3 is 0 Å². The summed E-state index contributed by atoms with van der Waals surface area (Å²) in [7, 11) is 0. The van der Waals surface area contributed by atoms with E-state index in [2.05, 4.69) is 20.4 Å². The number of rotatable bonds is 4. The first kappa shape index (κ1) is 16.4. The van der Waals surface area contributed by atoms with Crippen molar-refractivity contribution < 1.29 is 4.79 Å². The molecule has 1 saturated heterocycles. The van der Waals surface area contributed by atoms with Crippen LogP contribution in [0.4, 0.5) is 5.82 Å². The van der Waals surface area contributed by atoms with E-state index < -0.39 is 0 Å². The summed E-state index contributed by atoms with van der Waals surface area (Å²) in [5, 5.41) is 11.5. The smallest absolute Gasteiger partial charge is 0.225 e. The predicted octanol–water partition coefficient (Wildman–Crippen LogP) is 2.88. The van der Waals surface area contributed by atoms with Crippen molar-refractivity contribution in [3.8, 4) is 0 Å². The Bertz CT molecular complexity index is 672. The molecule has 1 aliphatic heterocycles. The number of hydrogen-bond donors (Lipinski definition) is 1. The average Bonchev–Trinajstić information content (AvgIpc) is 2.63. The third-order valence-corrected chi connectivity index (χ3v) is 4.56. The predicted molar refractivity (Wildman–Crippen MR) is 94.7 cm³/mol. The van der Waals surface area contributed by atoms with Gasteiger partial charge in [-0.05, 0) is 44.4 Å². The van der Waals surface area contributed by atoms with Gasteiger partial charge in [0.05, 0.1) is 17.7 Å². The Morgan fingerprint density at radius 1 is 1.21 bits per heavy atom. The Balaban J connectivity index is 1.61. The van der Waals surface area contributed by atoms with E-state index in [9.17, 15) is 4.79 Å². The van der Waals surface area contributed by atoms with E-state index in [0.717, 1.165) is 36.5 Å². The molecular formula is C19H24N4O. The molecule has 24 heavy (non-hydrogen) atoms. The third kappa shape index (κ3) is 3.91. The molecule has 1 aliphatic rings. The quantitative estimate of drug-likeness (QED) is 0.939. The summed E-state index contributed by atoms with van der Waals surface area (Å²) in [5.41, 5.74) is 2.03. The molecule has 2 atom stereocenters. The fourth-order valence-electron chi connectivity index (χ4n) is 3.12. The standard InChI is InChI=1S/C19H24N4O/c1-14-10-11-18(22-21-14)23-12-6-9-17(13-23)19(24)20-15(2)16-7-4-3-5-8-16/h3-5,7-8,10-11,15,17H,6,9,12-13H2,1-2H3,(H,20,24). The van der Waals surface area contributed by atoms with Gasteiger partial charge < -0.3 is 10.2 Å². The lowest BCUT2D eigenvalue weighted by molar-refractivity contribution is -0.125. The summed E-state index contributed by atoms with van der Waals surface area (Å²) < 4.78 is 0. The highest BCUT2D eigenvalue weighted by molar-refractivity contribution is 5.80. The van der Waals surface area contributed by atoms with Crippen molar-refractivity contribution in [1.29, 1.82) is 0 Å². The number of hydrogen-bond acceptors (Lipinski definition) is 4. The van der Waals surface area contributed by atoms with Crippen LogP contribution in [0.3, 0.4) is 0 Å². The number of nitrogens with one attached hydrogen (secondary N) is 1. The second-order valence-corrected chi connectivity index (χ2v) is 6.46. The molecule has 3 rings (SSSR count). The van der Waals surface area contributed by atoms with Gasteiger partial charge in [-0.3, -0.25) is 4.79 Å². The van der Waals surface area contributed by atoms with E-state index in [-0.39, 0.29) is 17.9 Å². The van der Waals surface area contributed by atoms with E-state index in [4.69, 9.17) is 0 Å². The second-order valence-electron chi connectivity index (χ2n) is 6.46. The van der Waals surface area contributed by atoms with E-state index >= 15 is 0 Å². The molecular weight excluding hydrogens is 300 g/mol. The van der Waals surface area contributed by atoms with Crippen LogP contribution in [0.5, 0.6) is 0 Å². The first-order valence-corrected chi connectivity index (χ1v) is 8.54. The molecule has 0 spiro atoms. The van der Waals surface area contributed by atoms with Crippen LogP contribution in [0.1, 0.15) is 37.1 Å². The van der Waals surface area contributed by atoms with Gasteiger partial charge in [0.2, 0.25) is 5.91 Å². The minimum atomic E-state index is -0.00647. The summed E-state index contributed by atoms with van der Waals surface area (Å²) in [6.07, 6.45) is 1.91. The highest BCUT2D eigenvalue weighted by Crippen LogP contribution is 2.22. The Morgan fingerprint density at radius 2 is 2.00 bits per heavy atom. The highest BCUT2D eigenvalue weighted by atomic mass is 16.2. The van der Waals surface area contributed by atoms with Crippen LogP contribution >= 0.6 is 0 Å². The first-order valence-electron chi connectivity index (χ1n) is 8.54. The molecule has 0 radical (unpaired) electrons. The number of carbonyl (C=O) groups is 1. The summed E-state index contributed by atoms with van der Waals surface area (Å²) >= 11 is 0. The lowest BCUT2D eigenvalue weighted by Gasteiger charge is -2.33. The maximum Gasteiger partial charge on any atom is 0.225 e. The van der Waals surface area contributed by atoms with E-state index in [0.29, 0.717) is 6.54 Å². The number of benzene rings is 1. The van der Waals surface area contributed by atoms with Crippen molar-refractivity contribution >= 4 is 11.7 Å². The lowest BCUT2D eigenvalue weighted by atomic mass is 9.96. The number of anilines is 1. The summed E-state index contributed by atoms with van der Waals surface area (Å²) in [6, 6.07) is 14.0. The van der Waals surface area contributed by atoms with Gasteiger partial charge in [0.15, 0.2) is 5.82 Å². The van der Waals surface area contributed by atoms with Crippen LogP contribution in [0.2, 0.25) is 0 Å². The molecule has 1 fully saturated rings. The SMILES string of the molecule is Cc1ccc(N2CCCC(C(=O)NC(C)c3ccccc3)C2)nn1. The molecule has 2 aromatic rings. The molecule has 0 aliphatic carbocycles. The zero-order chi connectivity index (χ0) is 16.9. The molecule has 1 amide bonds. The van der Waals surface area contributed by atoms with Crippen molar-refractivity contribution in [3.05, 3.63) is 53.7 Å². The van der Waals surface area contributed by atoms with Crippen molar-refractivity contribution in [2.24, 2.45) is 5.92 Å². The van der Waals surface area contributed by atoms with Gasteiger partial charge in [-0.1, -0.05) is 30.3 Å². The first-order chi connectivity index (χ1) is 11.6. The number of carbonyl (C=O) groups excluding carboxylic acids is 1. The lowest BCUT2D eigenvalue weighted by Crippen LogP contribution is -2.44. The second kappa shape index (κ2) is 7.43. The van der Waals surface area contributed by atoms with Gasteiger partial charge in [-0.15, -0.1) is 5.10 Å². The molecule has 1 aromatic carbocycles. The summed E-state index contributed by atoms with van der Waals surface area (Å²) in [5.74, 6) is 0.971.